The van der Waals surface area contributed by atoms with Gasteiger partial charge in [0.15, 0.2) is 0 Å². The summed E-state index contributed by atoms with van der Waals surface area (Å²) in [4.78, 5) is 25.5. The van der Waals surface area contributed by atoms with Crippen LogP contribution in [0.25, 0.3) is 22.2 Å². The first-order chi connectivity index (χ1) is 15.4. The second kappa shape index (κ2) is 9.01. The number of nitrogens with one attached hydrogen (secondary N) is 1. The fraction of sp³-hybridized carbons (Fsp3) is 0.200. The molecule has 0 aliphatic carbocycles. The Balaban J connectivity index is 1.50. The first-order valence-corrected chi connectivity index (χ1v) is 10.2. The summed E-state index contributed by atoms with van der Waals surface area (Å²) in [7, 11) is 1.62. The molecule has 162 valence electrons. The molecule has 0 unspecified atom stereocenters. The Hall–Kier alpha value is -4.00. The lowest BCUT2D eigenvalue weighted by molar-refractivity contribution is 0.153. The van der Waals surface area contributed by atoms with Crippen molar-refractivity contribution in [1.82, 2.24) is 15.0 Å². The van der Waals surface area contributed by atoms with E-state index in [1.165, 1.54) is 0 Å². The highest BCUT2D eigenvalue weighted by Crippen LogP contribution is 2.27. The Labute approximate surface area is 186 Å². The number of aryl methyl sites for hydroxylation is 2. The lowest BCUT2D eigenvalue weighted by Crippen LogP contribution is -2.15. The van der Waals surface area contributed by atoms with Gasteiger partial charge in [0.1, 0.15) is 12.4 Å². The minimum Gasteiger partial charge on any atom is -0.496 e. The third-order valence-electron chi connectivity index (χ3n) is 5.22. The molecule has 4 aromatic rings. The van der Waals surface area contributed by atoms with E-state index in [1.807, 2.05) is 51.1 Å². The maximum absolute atomic E-state index is 12.4. The van der Waals surface area contributed by atoms with Crippen molar-refractivity contribution in [3.05, 3.63) is 77.4 Å². The van der Waals surface area contributed by atoms with E-state index in [2.05, 4.69) is 26.3 Å². The molecule has 2 heterocycles. The van der Waals surface area contributed by atoms with E-state index < -0.39 is 6.09 Å². The molecule has 2 aromatic heterocycles. The number of carbonyl (C=O) groups excluding carboxylic acids is 1. The van der Waals surface area contributed by atoms with Gasteiger partial charge in [-0.3, -0.25) is 20.3 Å². The molecule has 7 nitrogen and oxygen atoms in total. The average molecular weight is 428 g/mol. The summed E-state index contributed by atoms with van der Waals surface area (Å²) in [5, 5.41) is 2.81. The van der Waals surface area contributed by atoms with Gasteiger partial charge in [-0.1, -0.05) is 12.1 Å². The first-order valence-electron chi connectivity index (χ1n) is 10.2. The Morgan fingerprint density at radius 3 is 2.50 bits per heavy atom. The third-order valence-corrected chi connectivity index (χ3v) is 5.22. The average Bonchev–Trinajstić information content (AvgIpc) is 2.78. The fourth-order valence-corrected chi connectivity index (χ4v) is 3.67. The molecule has 0 aliphatic rings. The Morgan fingerprint density at radius 2 is 1.72 bits per heavy atom. The lowest BCUT2D eigenvalue weighted by atomic mass is 10.0. The Morgan fingerprint density at radius 1 is 0.938 bits per heavy atom. The molecule has 32 heavy (non-hydrogen) atoms. The second-order valence-corrected chi connectivity index (χ2v) is 7.59. The van der Waals surface area contributed by atoms with Crippen LogP contribution in [-0.4, -0.2) is 28.2 Å². The van der Waals surface area contributed by atoms with Crippen molar-refractivity contribution in [3.63, 3.8) is 0 Å². The van der Waals surface area contributed by atoms with E-state index in [-0.39, 0.29) is 6.61 Å². The number of amides is 1. The minimum absolute atomic E-state index is 0.0519. The summed E-state index contributed by atoms with van der Waals surface area (Å²) >= 11 is 0. The van der Waals surface area contributed by atoms with Crippen molar-refractivity contribution in [2.24, 2.45) is 0 Å². The summed E-state index contributed by atoms with van der Waals surface area (Å²) in [6.45, 7) is 5.85. The zero-order valence-corrected chi connectivity index (χ0v) is 18.5. The van der Waals surface area contributed by atoms with Crippen molar-refractivity contribution in [2.75, 3.05) is 12.4 Å². The highest BCUT2D eigenvalue weighted by atomic mass is 16.5. The monoisotopic (exact) mass is 428 g/mol. The summed E-state index contributed by atoms with van der Waals surface area (Å²) in [6, 6.07) is 11.8. The summed E-state index contributed by atoms with van der Waals surface area (Å²) in [5.74, 6) is 0.752. The fourth-order valence-electron chi connectivity index (χ4n) is 3.67. The zero-order chi connectivity index (χ0) is 22.7. The normalized spacial score (nSPS) is 10.8. The lowest BCUT2D eigenvalue weighted by Gasteiger charge is -2.13. The molecule has 0 fully saturated rings. The molecular weight excluding hydrogens is 404 g/mol. The zero-order valence-electron chi connectivity index (χ0n) is 18.5. The largest absolute Gasteiger partial charge is 0.496 e. The number of aromatic nitrogens is 3. The van der Waals surface area contributed by atoms with Crippen molar-refractivity contribution in [3.8, 4) is 16.9 Å². The van der Waals surface area contributed by atoms with E-state index >= 15 is 0 Å². The van der Waals surface area contributed by atoms with E-state index in [9.17, 15) is 4.79 Å². The van der Waals surface area contributed by atoms with Crippen LogP contribution >= 0.6 is 0 Å². The van der Waals surface area contributed by atoms with Crippen LogP contribution in [0.5, 0.6) is 5.75 Å². The molecule has 0 saturated carbocycles. The van der Waals surface area contributed by atoms with Gasteiger partial charge in [0, 0.05) is 35.4 Å². The van der Waals surface area contributed by atoms with Crippen LogP contribution in [0.15, 0.2) is 55.0 Å². The maximum atomic E-state index is 12.4. The highest BCUT2D eigenvalue weighted by molar-refractivity contribution is 5.87. The van der Waals surface area contributed by atoms with E-state index in [0.717, 1.165) is 44.6 Å². The van der Waals surface area contributed by atoms with E-state index in [1.54, 1.807) is 25.7 Å². The molecule has 4 rings (SSSR count). The number of carbonyl (C=O) groups is 1. The Bertz CT molecular complexity index is 1300. The van der Waals surface area contributed by atoms with Crippen LogP contribution in [0.1, 0.15) is 22.4 Å². The number of nitrogens with zero attached hydrogens (tertiary/aromatic N) is 3. The van der Waals surface area contributed by atoms with Crippen LogP contribution in [0.4, 0.5) is 10.5 Å². The third kappa shape index (κ3) is 4.51. The summed E-state index contributed by atoms with van der Waals surface area (Å²) < 4.78 is 10.8. The number of pyridine rings is 1. The molecule has 0 atom stereocenters. The topological polar surface area (TPSA) is 86.2 Å². The van der Waals surface area contributed by atoms with Gasteiger partial charge >= 0.3 is 6.09 Å². The van der Waals surface area contributed by atoms with E-state index in [0.29, 0.717) is 11.4 Å². The van der Waals surface area contributed by atoms with Crippen LogP contribution < -0.4 is 10.1 Å². The van der Waals surface area contributed by atoms with Gasteiger partial charge in [-0.05, 0) is 61.7 Å². The van der Waals surface area contributed by atoms with Gasteiger partial charge < -0.3 is 9.47 Å². The van der Waals surface area contributed by atoms with Gasteiger partial charge in [-0.2, -0.15) is 0 Å². The number of fused-ring (bicyclic) bond motifs is 1. The van der Waals surface area contributed by atoms with Crippen LogP contribution in [-0.2, 0) is 11.3 Å². The predicted molar refractivity (Wildman–Crippen MR) is 124 cm³/mol. The minimum atomic E-state index is -0.549. The summed E-state index contributed by atoms with van der Waals surface area (Å²) in [5.41, 5.74) is 7.72. The van der Waals surface area contributed by atoms with Crippen LogP contribution in [0.3, 0.4) is 0 Å². The molecular formula is C25H24N4O3. The quantitative estimate of drug-likeness (QED) is 0.460. The van der Waals surface area contributed by atoms with Gasteiger partial charge in [-0.25, -0.2) is 4.79 Å². The van der Waals surface area contributed by atoms with Crippen molar-refractivity contribution in [2.45, 2.75) is 27.4 Å². The molecule has 0 aliphatic heterocycles. The molecule has 2 aromatic carbocycles. The number of ether oxygens (including phenoxy) is 2. The number of benzene rings is 2. The number of hydrogen-bond acceptors (Lipinski definition) is 6. The molecule has 0 radical (unpaired) electrons. The van der Waals surface area contributed by atoms with Crippen molar-refractivity contribution < 1.29 is 14.3 Å². The molecule has 1 amide bonds. The first kappa shape index (κ1) is 21.2. The number of rotatable bonds is 5. The molecule has 0 bridgehead atoms. The molecule has 1 N–H and O–H groups in total. The second-order valence-electron chi connectivity index (χ2n) is 7.59. The smallest absolute Gasteiger partial charge is 0.412 e. The molecule has 0 saturated heterocycles. The van der Waals surface area contributed by atoms with E-state index in [4.69, 9.17) is 9.47 Å². The van der Waals surface area contributed by atoms with Gasteiger partial charge in [0.05, 0.1) is 23.8 Å². The maximum Gasteiger partial charge on any atom is 0.412 e. The summed E-state index contributed by atoms with van der Waals surface area (Å²) in [6.07, 6.45) is 4.51. The van der Waals surface area contributed by atoms with Crippen LogP contribution in [0, 0.1) is 20.8 Å². The van der Waals surface area contributed by atoms with Gasteiger partial charge in [0.25, 0.3) is 0 Å². The van der Waals surface area contributed by atoms with Crippen LogP contribution in [0.2, 0.25) is 0 Å². The molecule has 0 spiro atoms. The van der Waals surface area contributed by atoms with Gasteiger partial charge in [-0.15, -0.1) is 0 Å². The Kier molecular flexibility index (Phi) is 5.98. The highest BCUT2D eigenvalue weighted by Gasteiger charge is 2.12. The van der Waals surface area contributed by atoms with Crippen molar-refractivity contribution >= 4 is 22.8 Å². The number of methoxy groups -OCH3 is 1. The SMILES string of the molecule is COc1c(C)cnc(COC(=O)Nc2cc(C)cc(-c3ccc4nccnc4c3)c2)c1C. The van der Waals surface area contributed by atoms with Gasteiger partial charge in [0.2, 0.25) is 0 Å². The predicted octanol–water partition coefficient (Wildman–Crippen LogP) is 5.37. The standard InChI is InChI=1S/C25H24N4O3/c1-15-9-19(18-5-6-21-22(12-18)27-8-7-26-21)11-20(10-15)29-25(30)32-14-23-17(3)24(31-4)16(2)13-28-23/h5-13H,14H2,1-4H3,(H,29,30). The molecule has 7 heteroatoms. The number of hydrogen-bond donors (Lipinski definition) is 1. The van der Waals surface area contributed by atoms with Crippen molar-refractivity contribution in [1.29, 1.82) is 0 Å². The number of anilines is 1.